The molecule has 0 amide bonds. The number of likely N-dealkylation sites (tertiary alicyclic amines) is 1. The third-order valence-corrected chi connectivity index (χ3v) is 3.60. The fourth-order valence-corrected chi connectivity index (χ4v) is 2.67. The molecular weight excluding hydrogens is 228 g/mol. The van der Waals surface area contributed by atoms with Gasteiger partial charge in [0.15, 0.2) is 0 Å². The molecule has 0 aromatic carbocycles. The van der Waals surface area contributed by atoms with Crippen molar-refractivity contribution in [2.24, 2.45) is 11.8 Å². The second-order valence-electron chi connectivity index (χ2n) is 6.41. The van der Waals surface area contributed by atoms with Gasteiger partial charge in [-0.3, -0.25) is 0 Å². The largest absolute Gasteiger partial charge is 0.303 e. The quantitative estimate of drug-likeness (QED) is 0.562. The molecule has 1 rings (SSSR count). The van der Waals surface area contributed by atoms with Crippen LogP contribution in [0.3, 0.4) is 0 Å². The van der Waals surface area contributed by atoms with Crippen molar-refractivity contribution in [3.05, 3.63) is 0 Å². The summed E-state index contributed by atoms with van der Waals surface area (Å²) in [4.78, 5) is 2.59. The van der Waals surface area contributed by atoms with E-state index in [1.807, 2.05) is 0 Å². The molecule has 1 saturated heterocycles. The lowest BCUT2D eigenvalue weighted by atomic mass is 9.93. The average Bonchev–Trinajstić information content (AvgIpc) is 2.18. The predicted octanol–water partition coefficient (Wildman–Crippen LogP) is 3.00. The number of thiol groups is 1. The summed E-state index contributed by atoms with van der Waals surface area (Å²) in [5.74, 6) is 1.72. The van der Waals surface area contributed by atoms with Crippen molar-refractivity contribution in [1.82, 2.24) is 10.2 Å². The van der Waals surface area contributed by atoms with E-state index in [9.17, 15) is 0 Å². The lowest BCUT2D eigenvalue weighted by molar-refractivity contribution is 0.162. The monoisotopic (exact) mass is 258 g/mol. The fourth-order valence-electron chi connectivity index (χ4n) is 2.56. The lowest BCUT2D eigenvalue weighted by Gasteiger charge is -2.33. The van der Waals surface area contributed by atoms with Crippen molar-refractivity contribution in [2.75, 3.05) is 26.2 Å². The average molecular weight is 258 g/mol. The van der Waals surface area contributed by atoms with Crippen LogP contribution >= 0.6 is 12.6 Å². The SMILES string of the molecule is CC(C)CN1CCC(CCNC(C)(C)S)CC1. The van der Waals surface area contributed by atoms with Crippen LogP contribution in [0.4, 0.5) is 0 Å². The van der Waals surface area contributed by atoms with E-state index in [2.05, 4.69) is 50.5 Å². The topological polar surface area (TPSA) is 15.3 Å². The molecule has 1 aliphatic rings. The molecule has 0 bridgehead atoms. The minimum absolute atomic E-state index is 0.0294. The highest BCUT2D eigenvalue weighted by Gasteiger charge is 2.20. The molecule has 0 radical (unpaired) electrons. The van der Waals surface area contributed by atoms with Gasteiger partial charge < -0.3 is 10.2 Å². The Morgan fingerprint density at radius 2 is 1.88 bits per heavy atom. The van der Waals surface area contributed by atoms with Crippen molar-refractivity contribution in [1.29, 1.82) is 0 Å². The zero-order valence-corrected chi connectivity index (χ0v) is 12.9. The van der Waals surface area contributed by atoms with Gasteiger partial charge in [-0.15, -0.1) is 0 Å². The summed E-state index contributed by atoms with van der Waals surface area (Å²) in [6.45, 7) is 13.8. The third kappa shape index (κ3) is 7.32. The Balaban J connectivity index is 2.11. The van der Waals surface area contributed by atoms with Crippen LogP contribution in [0.5, 0.6) is 0 Å². The van der Waals surface area contributed by atoms with Gasteiger partial charge >= 0.3 is 0 Å². The Labute approximate surface area is 113 Å². The molecule has 1 aliphatic heterocycles. The van der Waals surface area contributed by atoms with Crippen LogP contribution in [-0.4, -0.2) is 35.9 Å². The molecule has 2 nitrogen and oxygen atoms in total. The normalized spacial score (nSPS) is 20.1. The molecule has 17 heavy (non-hydrogen) atoms. The lowest BCUT2D eigenvalue weighted by Crippen LogP contribution is -2.38. The number of nitrogens with zero attached hydrogens (tertiary/aromatic N) is 1. The van der Waals surface area contributed by atoms with Gasteiger partial charge in [-0.05, 0) is 64.6 Å². The summed E-state index contributed by atoms with van der Waals surface area (Å²) in [5.41, 5.74) is 0. The number of hydrogen-bond donors (Lipinski definition) is 2. The summed E-state index contributed by atoms with van der Waals surface area (Å²) in [5, 5.41) is 3.46. The molecule has 0 aromatic rings. The predicted molar refractivity (Wildman–Crippen MR) is 79.7 cm³/mol. The highest BCUT2D eigenvalue weighted by atomic mass is 32.1. The van der Waals surface area contributed by atoms with Crippen molar-refractivity contribution >= 4 is 12.6 Å². The molecular formula is C14H30N2S. The maximum atomic E-state index is 4.49. The van der Waals surface area contributed by atoms with E-state index in [0.717, 1.165) is 18.4 Å². The van der Waals surface area contributed by atoms with Gasteiger partial charge in [-0.2, -0.15) is 12.6 Å². The highest BCUT2D eigenvalue weighted by Crippen LogP contribution is 2.21. The minimum Gasteiger partial charge on any atom is -0.303 e. The molecule has 1 fully saturated rings. The number of hydrogen-bond acceptors (Lipinski definition) is 3. The van der Waals surface area contributed by atoms with Crippen molar-refractivity contribution in [3.8, 4) is 0 Å². The molecule has 1 N–H and O–H groups in total. The van der Waals surface area contributed by atoms with Crippen LogP contribution < -0.4 is 5.32 Å². The first-order valence-electron chi connectivity index (χ1n) is 7.06. The van der Waals surface area contributed by atoms with Gasteiger partial charge in [0.2, 0.25) is 0 Å². The molecule has 0 saturated carbocycles. The fraction of sp³-hybridized carbons (Fsp3) is 1.00. The summed E-state index contributed by atoms with van der Waals surface area (Å²) in [6.07, 6.45) is 4.06. The Morgan fingerprint density at radius 1 is 1.29 bits per heavy atom. The zero-order chi connectivity index (χ0) is 12.9. The van der Waals surface area contributed by atoms with E-state index in [1.165, 1.54) is 38.9 Å². The molecule has 0 aliphatic carbocycles. The highest BCUT2D eigenvalue weighted by molar-refractivity contribution is 7.81. The van der Waals surface area contributed by atoms with Crippen LogP contribution in [-0.2, 0) is 0 Å². The van der Waals surface area contributed by atoms with Crippen LogP contribution in [0.2, 0.25) is 0 Å². The molecule has 102 valence electrons. The zero-order valence-electron chi connectivity index (χ0n) is 12.0. The van der Waals surface area contributed by atoms with Crippen LogP contribution in [0, 0.1) is 11.8 Å². The molecule has 3 heteroatoms. The first-order chi connectivity index (χ1) is 7.87. The van der Waals surface area contributed by atoms with Gasteiger partial charge in [-0.25, -0.2) is 0 Å². The first kappa shape index (κ1) is 15.3. The van der Waals surface area contributed by atoms with Crippen LogP contribution in [0.1, 0.15) is 47.0 Å². The minimum atomic E-state index is -0.0294. The molecule has 0 unspecified atom stereocenters. The Hall–Kier alpha value is 0.270. The molecule has 0 aromatic heterocycles. The maximum absolute atomic E-state index is 4.49. The second-order valence-corrected chi connectivity index (χ2v) is 7.53. The van der Waals surface area contributed by atoms with Crippen molar-refractivity contribution < 1.29 is 0 Å². The number of rotatable bonds is 6. The van der Waals surface area contributed by atoms with Gasteiger partial charge in [0.1, 0.15) is 0 Å². The van der Waals surface area contributed by atoms with E-state index in [-0.39, 0.29) is 4.87 Å². The smallest absolute Gasteiger partial charge is 0.0558 e. The van der Waals surface area contributed by atoms with Gasteiger partial charge in [-0.1, -0.05) is 13.8 Å². The Bertz CT molecular complexity index is 203. The Morgan fingerprint density at radius 3 is 2.35 bits per heavy atom. The molecule has 0 atom stereocenters. The number of piperidine rings is 1. The van der Waals surface area contributed by atoms with E-state index in [1.54, 1.807) is 0 Å². The summed E-state index contributed by atoms with van der Waals surface area (Å²) in [7, 11) is 0. The number of nitrogens with one attached hydrogen (secondary N) is 1. The van der Waals surface area contributed by atoms with Crippen molar-refractivity contribution in [3.63, 3.8) is 0 Å². The molecule has 1 heterocycles. The summed E-state index contributed by atoms with van der Waals surface area (Å²) in [6, 6.07) is 0. The van der Waals surface area contributed by atoms with Crippen LogP contribution in [0.25, 0.3) is 0 Å². The van der Waals surface area contributed by atoms with E-state index >= 15 is 0 Å². The summed E-state index contributed by atoms with van der Waals surface area (Å²) >= 11 is 4.49. The van der Waals surface area contributed by atoms with Crippen molar-refractivity contribution in [2.45, 2.75) is 51.8 Å². The van der Waals surface area contributed by atoms with Gasteiger partial charge in [0.25, 0.3) is 0 Å². The van der Waals surface area contributed by atoms with Gasteiger partial charge in [0.05, 0.1) is 4.87 Å². The third-order valence-electron chi connectivity index (χ3n) is 3.44. The first-order valence-corrected chi connectivity index (χ1v) is 7.51. The Kier molecular flexibility index (Phi) is 6.32. The van der Waals surface area contributed by atoms with E-state index < -0.39 is 0 Å². The van der Waals surface area contributed by atoms with Gasteiger partial charge in [0, 0.05) is 6.54 Å². The molecule has 0 spiro atoms. The summed E-state index contributed by atoms with van der Waals surface area (Å²) < 4.78 is 0. The maximum Gasteiger partial charge on any atom is 0.0558 e. The van der Waals surface area contributed by atoms with E-state index in [4.69, 9.17) is 0 Å². The standard InChI is InChI=1S/C14H30N2S/c1-12(2)11-16-9-6-13(7-10-16)5-8-15-14(3,4)17/h12-13,15,17H,5-11H2,1-4H3. The second kappa shape index (κ2) is 7.01. The van der Waals surface area contributed by atoms with Crippen LogP contribution in [0.15, 0.2) is 0 Å². The van der Waals surface area contributed by atoms with E-state index in [0.29, 0.717) is 0 Å².